The SMILES string of the molecule is CC(CO/N=C(/C(=O)N[C@H]1CN(C(=O)NS(=O)(=O)Nc2c(CC(=O)OC(c3ccccc3)c3ccccc3)ccc(O)c2O)C1=O)c1csc(N)n1)C(=O)O. The molecule has 4 amide bonds. The molecule has 1 saturated heterocycles. The largest absolute Gasteiger partial charge is 0.504 e. The second kappa shape index (κ2) is 16.9. The van der Waals surface area contributed by atoms with Gasteiger partial charge >= 0.3 is 28.2 Å². The maximum Gasteiger partial charge on any atom is 0.339 e. The Kier molecular flexibility index (Phi) is 12.2. The third-order valence-corrected chi connectivity index (χ3v) is 9.44. The minimum absolute atomic E-state index is 0.0449. The molecule has 19 nitrogen and oxygen atoms in total. The van der Waals surface area contributed by atoms with Gasteiger partial charge in [-0.2, -0.15) is 8.42 Å². The molecule has 1 aromatic heterocycles. The fraction of sp³-hybridized carbons (Fsp3) is 0.206. The predicted octanol–water partition coefficient (Wildman–Crippen LogP) is 1.85. The lowest BCUT2D eigenvalue weighted by atomic mass is 10.0. The van der Waals surface area contributed by atoms with Gasteiger partial charge in [-0.3, -0.25) is 28.8 Å². The quantitative estimate of drug-likeness (QED) is 0.0297. The van der Waals surface area contributed by atoms with Crippen LogP contribution in [0.1, 0.15) is 35.4 Å². The summed E-state index contributed by atoms with van der Waals surface area (Å²) in [5.41, 5.74) is 5.66. The van der Waals surface area contributed by atoms with Crippen molar-refractivity contribution >= 4 is 67.9 Å². The molecule has 21 heteroatoms. The van der Waals surface area contributed by atoms with Crippen LogP contribution in [0.4, 0.5) is 15.6 Å². The number of imide groups is 1. The first-order chi connectivity index (χ1) is 26.1. The molecule has 1 aliphatic heterocycles. The highest BCUT2D eigenvalue weighted by molar-refractivity contribution is 7.91. The van der Waals surface area contributed by atoms with Crippen molar-refractivity contribution in [3.8, 4) is 11.5 Å². The lowest BCUT2D eigenvalue weighted by Crippen LogP contribution is -2.68. The monoisotopic (exact) mass is 795 g/mol. The van der Waals surface area contributed by atoms with Gasteiger partial charge in [0.05, 0.1) is 24.6 Å². The topological polar surface area (TPSA) is 289 Å². The van der Waals surface area contributed by atoms with E-state index in [1.807, 2.05) is 4.72 Å². The number of benzene rings is 3. The van der Waals surface area contributed by atoms with Crippen LogP contribution in [0, 0.1) is 5.92 Å². The lowest BCUT2D eigenvalue weighted by molar-refractivity contribution is -0.147. The van der Waals surface area contributed by atoms with E-state index in [1.165, 1.54) is 12.3 Å². The molecular formula is C34H33N7O12S2. The molecule has 5 rings (SSSR count). The van der Waals surface area contributed by atoms with Crippen molar-refractivity contribution in [2.24, 2.45) is 11.1 Å². The number of urea groups is 1. The molecule has 0 aliphatic carbocycles. The van der Waals surface area contributed by atoms with Crippen LogP contribution in [0.25, 0.3) is 0 Å². The second-order valence-corrected chi connectivity index (χ2v) is 14.2. The first-order valence-electron chi connectivity index (χ1n) is 16.1. The van der Waals surface area contributed by atoms with Crippen LogP contribution in [-0.2, 0) is 45.4 Å². The first-order valence-corrected chi connectivity index (χ1v) is 18.4. The second-order valence-electron chi connectivity index (χ2n) is 11.9. The van der Waals surface area contributed by atoms with Gasteiger partial charge in [0.25, 0.3) is 11.8 Å². The molecule has 0 bridgehead atoms. The molecule has 2 atom stereocenters. The van der Waals surface area contributed by atoms with Gasteiger partial charge < -0.3 is 35.9 Å². The molecule has 1 aliphatic rings. The number of β-lactam (4-membered cyclic amide) rings is 1. The van der Waals surface area contributed by atoms with E-state index in [0.717, 1.165) is 23.5 Å². The van der Waals surface area contributed by atoms with Gasteiger partial charge in [-0.05, 0) is 29.7 Å². The number of hydrogen-bond donors (Lipinski definition) is 7. The number of aromatic nitrogens is 1. The molecule has 2 heterocycles. The summed E-state index contributed by atoms with van der Waals surface area (Å²) in [5, 5.41) is 37.2. The van der Waals surface area contributed by atoms with Crippen LogP contribution in [0.2, 0.25) is 0 Å². The predicted molar refractivity (Wildman–Crippen MR) is 195 cm³/mol. The van der Waals surface area contributed by atoms with E-state index in [2.05, 4.69) is 15.5 Å². The zero-order valence-corrected chi connectivity index (χ0v) is 30.2. The number of nitrogen functional groups attached to an aromatic ring is 1. The number of carboxylic acids is 1. The normalized spacial score (nSPS) is 14.7. The summed E-state index contributed by atoms with van der Waals surface area (Å²) in [4.78, 5) is 72.4. The number of oxime groups is 1. The van der Waals surface area contributed by atoms with E-state index in [0.29, 0.717) is 16.0 Å². The number of aliphatic carboxylic acids is 1. The fourth-order valence-corrected chi connectivity index (χ4v) is 6.39. The molecule has 0 radical (unpaired) electrons. The summed E-state index contributed by atoms with van der Waals surface area (Å²) in [5.74, 6) is -6.72. The van der Waals surface area contributed by atoms with Crippen molar-refractivity contribution < 1.29 is 57.3 Å². The lowest BCUT2D eigenvalue weighted by Gasteiger charge is -2.36. The molecule has 4 aromatic rings. The summed E-state index contributed by atoms with van der Waals surface area (Å²) in [7, 11) is -4.95. The van der Waals surface area contributed by atoms with Crippen molar-refractivity contribution in [3.05, 3.63) is 101 Å². The molecule has 0 spiro atoms. The number of rotatable bonds is 15. The minimum Gasteiger partial charge on any atom is -0.504 e. The van der Waals surface area contributed by atoms with Crippen molar-refractivity contribution in [1.29, 1.82) is 0 Å². The zero-order chi connectivity index (χ0) is 39.9. The molecule has 8 N–H and O–H groups in total. The Bertz CT molecular complexity index is 2200. The average molecular weight is 796 g/mol. The Hall–Kier alpha value is -6.74. The van der Waals surface area contributed by atoms with Crippen LogP contribution in [-0.4, -0.2) is 88.3 Å². The van der Waals surface area contributed by atoms with E-state index < -0.39 is 101 Å². The van der Waals surface area contributed by atoms with Gasteiger partial charge in [-0.1, -0.05) is 71.9 Å². The van der Waals surface area contributed by atoms with Crippen molar-refractivity contribution in [2.75, 3.05) is 23.6 Å². The van der Waals surface area contributed by atoms with Crippen LogP contribution >= 0.6 is 11.3 Å². The third kappa shape index (κ3) is 9.83. The number of likely N-dealkylation sites (tertiary alicyclic amines) is 1. The summed E-state index contributed by atoms with van der Waals surface area (Å²) in [6.45, 7) is 0.449. The molecule has 1 fully saturated rings. The number of phenols is 2. The number of nitrogens with one attached hydrogen (secondary N) is 3. The number of esters is 1. The number of nitrogens with zero attached hydrogens (tertiary/aromatic N) is 3. The highest BCUT2D eigenvalue weighted by atomic mass is 32.2. The molecule has 1 unspecified atom stereocenters. The number of phenolic OH excluding ortho intramolecular Hbond substituents is 2. The number of nitrogens with two attached hydrogens (primary N) is 1. The standard InChI is InChI=1S/C34H33N7O12S2/c1-18(32(47)48)16-52-38-27(23-17-54-33(35)37-23)30(45)36-22-15-41(31(22)46)34(49)40-55(50,51)39-26-21(12-13-24(42)28(26)44)14-25(43)53-29(19-8-4-2-5-9-19)20-10-6-3-7-11-20/h2-13,17-18,22,29,39,42,44H,14-16H2,1H3,(H2,35,37)(H,36,45)(H,40,49)(H,47,48)/b38-27+/t18?,22-/m0/s1. The Labute approximate surface area is 316 Å². The average Bonchev–Trinajstić information content (AvgIpc) is 3.59. The first kappa shape index (κ1) is 39.5. The van der Waals surface area contributed by atoms with Gasteiger partial charge in [0.2, 0.25) is 0 Å². The Morgan fingerprint density at radius 3 is 2.24 bits per heavy atom. The number of anilines is 2. The van der Waals surface area contributed by atoms with Crippen LogP contribution in [0.15, 0.2) is 83.3 Å². The van der Waals surface area contributed by atoms with E-state index in [4.69, 9.17) is 20.4 Å². The minimum atomic E-state index is -4.95. The number of ether oxygens (including phenoxy) is 1. The molecule has 3 aromatic carbocycles. The molecule has 0 saturated carbocycles. The van der Waals surface area contributed by atoms with Crippen LogP contribution in [0.5, 0.6) is 11.5 Å². The summed E-state index contributed by atoms with van der Waals surface area (Å²) in [6.07, 6.45) is -1.43. The van der Waals surface area contributed by atoms with Crippen molar-refractivity contribution in [3.63, 3.8) is 0 Å². The Morgan fingerprint density at radius 1 is 1.04 bits per heavy atom. The number of aromatic hydroxyl groups is 2. The van der Waals surface area contributed by atoms with Gasteiger partial charge in [0.15, 0.2) is 28.4 Å². The Balaban J connectivity index is 1.23. The highest BCUT2D eigenvalue weighted by Crippen LogP contribution is 2.37. The highest BCUT2D eigenvalue weighted by Gasteiger charge is 2.43. The van der Waals surface area contributed by atoms with Gasteiger partial charge in [0.1, 0.15) is 18.3 Å². The summed E-state index contributed by atoms with van der Waals surface area (Å²) >= 11 is 0.962. The molecule has 288 valence electrons. The molecular weight excluding hydrogens is 763 g/mol. The fourth-order valence-electron chi connectivity index (χ4n) is 4.95. The number of carbonyl (C=O) groups is 5. The van der Waals surface area contributed by atoms with E-state index in [1.54, 1.807) is 65.4 Å². The third-order valence-electron chi connectivity index (χ3n) is 7.85. The number of hydrogen-bond acceptors (Lipinski definition) is 15. The van der Waals surface area contributed by atoms with Gasteiger partial charge in [-0.25, -0.2) is 14.5 Å². The van der Waals surface area contributed by atoms with Gasteiger partial charge in [0, 0.05) is 5.38 Å². The van der Waals surface area contributed by atoms with E-state index >= 15 is 0 Å². The number of carboxylic acid groups (broad SMARTS) is 1. The maximum atomic E-state index is 13.2. The number of thiazole rings is 1. The zero-order valence-electron chi connectivity index (χ0n) is 28.6. The number of carbonyl (C=O) groups excluding carboxylic acids is 4. The van der Waals surface area contributed by atoms with E-state index in [9.17, 15) is 42.6 Å². The number of amides is 4. The molecule has 55 heavy (non-hydrogen) atoms. The van der Waals surface area contributed by atoms with Crippen LogP contribution in [0.3, 0.4) is 0 Å². The van der Waals surface area contributed by atoms with E-state index in [-0.39, 0.29) is 16.4 Å². The van der Waals surface area contributed by atoms with Crippen molar-refractivity contribution in [2.45, 2.75) is 25.5 Å². The maximum absolute atomic E-state index is 13.2. The summed E-state index contributed by atoms with van der Waals surface area (Å²) < 4.78 is 35.4. The van der Waals surface area contributed by atoms with Crippen LogP contribution < -0.4 is 20.5 Å². The van der Waals surface area contributed by atoms with Crippen molar-refractivity contribution in [1.82, 2.24) is 19.9 Å². The van der Waals surface area contributed by atoms with Gasteiger partial charge in [-0.15, -0.1) is 11.3 Å². The Morgan fingerprint density at radius 2 is 1.67 bits per heavy atom. The summed E-state index contributed by atoms with van der Waals surface area (Å²) in [6, 6.07) is 17.1. The smallest absolute Gasteiger partial charge is 0.339 e.